The Morgan fingerprint density at radius 3 is 2.57 bits per heavy atom. The molecule has 0 amide bonds. The summed E-state index contributed by atoms with van der Waals surface area (Å²) in [7, 11) is 1.50. The highest BCUT2D eigenvalue weighted by Gasteiger charge is 2.10. The fraction of sp³-hybridized carbons (Fsp3) is 0.125. The van der Waals surface area contributed by atoms with Crippen molar-refractivity contribution in [3.05, 3.63) is 59.2 Å². The van der Waals surface area contributed by atoms with Crippen molar-refractivity contribution >= 4 is 11.7 Å². The van der Waals surface area contributed by atoms with E-state index < -0.39 is 5.97 Å². The van der Waals surface area contributed by atoms with Gasteiger partial charge in [-0.05, 0) is 29.8 Å². The van der Waals surface area contributed by atoms with Crippen LogP contribution in [0.1, 0.15) is 21.5 Å². The number of nitriles is 1. The number of nitrogens with two attached hydrogens (primary N) is 1. The fourth-order valence-electron chi connectivity index (χ4n) is 1.77. The molecular formula is C16H14N2O3. The number of benzene rings is 2. The van der Waals surface area contributed by atoms with E-state index in [4.69, 9.17) is 20.5 Å². The molecule has 5 heteroatoms. The van der Waals surface area contributed by atoms with Crippen LogP contribution in [0, 0.1) is 11.3 Å². The van der Waals surface area contributed by atoms with Crippen LogP contribution >= 0.6 is 0 Å². The van der Waals surface area contributed by atoms with Crippen LogP contribution in [-0.2, 0) is 11.3 Å². The molecule has 2 aromatic carbocycles. The molecule has 0 aromatic heterocycles. The van der Waals surface area contributed by atoms with Crippen molar-refractivity contribution in [2.24, 2.45) is 0 Å². The van der Waals surface area contributed by atoms with Crippen molar-refractivity contribution in [2.75, 3.05) is 12.8 Å². The monoisotopic (exact) mass is 282 g/mol. The van der Waals surface area contributed by atoms with Crippen LogP contribution in [0.25, 0.3) is 0 Å². The van der Waals surface area contributed by atoms with Crippen LogP contribution in [0.4, 0.5) is 5.69 Å². The number of carbonyl (C=O) groups excluding carboxylic acids is 1. The second kappa shape index (κ2) is 6.44. The van der Waals surface area contributed by atoms with Gasteiger partial charge in [-0.3, -0.25) is 0 Å². The highest BCUT2D eigenvalue weighted by molar-refractivity contribution is 5.91. The zero-order chi connectivity index (χ0) is 15.2. The fourth-order valence-corrected chi connectivity index (χ4v) is 1.77. The average Bonchev–Trinajstić information content (AvgIpc) is 2.52. The molecule has 0 aliphatic carbocycles. The highest BCUT2D eigenvalue weighted by atomic mass is 16.5. The first-order valence-corrected chi connectivity index (χ1v) is 6.23. The normalized spacial score (nSPS) is 9.71. The van der Waals surface area contributed by atoms with Gasteiger partial charge in [0.1, 0.15) is 12.4 Å². The third-order valence-corrected chi connectivity index (χ3v) is 2.85. The SMILES string of the molecule is COc1cc(N)cc(C(=O)OCc2ccc(C#N)cc2)c1. The minimum absolute atomic E-state index is 0.127. The molecule has 0 spiro atoms. The molecule has 2 N–H and O–H groups in total. The Labute approximate surface area is 122 Å². The number of nitrogens with zero attached hydrogens (tertiary/aromatic N) is 1. The van der Waals surface area contributed by atoms with Crippen LogP contribution in [0.15, 0.2) is 42.5 Å². The molecule has 0 saturated carbocycles. The molecule has 0 saturated heterocycles. The standard InChI is InChI=1S/C16H14N2O3/c1-20-15-7-13(6-14(18)8-15)16(19)21-10-12-4-2-11(9-17)3-5-12/h2-8H,10,18H2,1H3. The summed E-state index contributed by atoms with van der Waals surface area (Å²) < 4.78 is 10.3. The molecule has 0 aliphatic rings. The summed E-state index contributed by atoms with van der Waals surface area (Å²) in [5.74, 6) is 0.0188. The van der Waals surface area contributed by atoms with Crippen LogP contribution in [0.5, 0.6) is 5.75 Å². The van der Waals surface area contributed by atoms with E-state index in [-0.39, 0.29) is 6.61 Å². The van der Waals surface area contributed by atoms with E-state index >= 15 is 0 Å². The molecule has 106 valence electrons. The van der Waals surface area contributed by atoms with Crippen molar-refractivity contribution < 1.29 is 14.3 Å². The number of nitrogen functional groups attached to an aromatic ring is 1. The van der Waals surface area contributed by atoms with E-state index in [2.05, 4.69) is 0 Å². The summed E-state index contributed by atoms with van der Waals surface area (Å²) in [5, 5.41) is 8.71. The Morgan fingerprint density at radius 1 is 1.24 bits per heavy atom. The number of methoxy groups -OCH3 is 1. The lowest BCUT2D eigenvalue weighted by molar-refractivity contribution is 0.0472. The Bertz CT molecular complexity index is 688. The summed E-state index contributed by atoms with van der Waals surface area (Å²) >= 11 is 0. The van der Waals surface area contributed by atoms with Gasteiger partial charge in [-0.25, -0.2) is 4.79 Å². The topological polar surface area (TPSA) is 85.3 Å². The van der Waals surface area contributed by atoms with Crippen molar-refractivity contribution in [2.45, 2.75) is 6.61 Å². The van der Waals surface area contributed by atoms with E-state index in [1.165, 1.54) is 13.2 Å². The Balaban J connectivity index is 2.04. The number of esters is 1. The number of hydrogen-bond acceptors (Lipinski definition) is 5. The predicted molar refractivity (Wildman–Crippen MR) is 77.7 cm³/mol. The lowest BCUT2D eigenvalue weighted by Crippen LogP contribution is -2.06. The van der Waals surface area contributed by atoms with Crippen LogP contribution < -0.4 is 10.5 Å². The first-order chi connectivity index (χ1) is 10.1. The van der Waals surface area contributed by atoms with Crippen molar-refractivity contribution in [3.63, 3.8) is 0 Å². The quantitative estimate of drug-likeness (QED) is 0.688. The third kappa shape index (κ3) is 3.74. The van der Waals surface area contributed by atoms with E-state index in [1.807, 2.05) is 6.07 Å². The summed E-state index contributed by atoms with van der Waals surface area (Å²) in [6, 6.07) is 13.6. The number of anilines is 1. The number of hydrogen-bond donors (Lipinski definition) is 1. The van der Waals surface area contributed by atoms with E-state index in [0.29, 0.717) is 22.6 Å². The number of carbonyl (C=O) groups is 1. The maximum Gasteiger partial charge on any atom is 0.338 e. The van der Waals surface area contributed by atoms with E-state index in [9.17, 15) is 4.79 Å². The van der Waals surface area contributed by atoms with Gasteiger partial charge in [-0.15, -0.1) is 0 Å². The molecular weight excluding hydrogens is 268 g/mol. The molecule has 0 fully saturated rings. The summed E-state index contributed by atoms with van der Waals surface area (Å²) in [6.45, 7) is 0.127. The minimum atomic E-state index is -0.482. The number of ether oxygens (including phenoxy) is 2. The molecule has 21 heavy (non-hydrogen) atoms. The Kier molecular flexibility index (Phi) is 4.42. The minimum Gasteiger partial charge on any atom is -0.497 e. The maximum absolute atomic E-state index is 12.0. The van der Waals surface area contributed by atoms with Gasteiger partial charge in [0.05, 0.1) is 24.3 Å². The van der Waals surface area contributed by atoms with Crippen LogP contribution in [0.3, 0.4) is 0 Å². The predicted octanol–water partition coefficient (Wildman–Crippen LogP) is 2.51. The van der Waals surface area contributed by atoms with Gasteiger partial charge in [0.2, 0.25) is 0 Å². The second-order valence-corrected chi connectivity index (χ2v) is 4.38. The zero-order valence-electron chi connectivity index (χ0n) is 11.5. The smallest absolute Gasteiger partial charge is 0.338 e. The lowest BCUT2D eigenvalue weighted by atomic mass is 10.1. The van der Waals surface area contributed by atoms with E-state index in [1.54, 1.807) is 36.4 Å². The van der Waals surface area contributed by atoms with Gasteiger partial charge in [-0.2, -0.15) is 5.26 Å². The molecule has 2 aromatic rings. The van der Waals surface area contributed by atoms with Gasteiger partial charge < -0.3 is 15.2 Å². The van der Waals surface area contributed by atoms with Gasteiger partial charge in [0, 0.05) is 11.8 Å². The van der Waals surface area contributed by atoms with Crippen LogP contribution in [-0.4, -0.2) is 13.1 Å². The summed E-state index contributed by atoms with van der Waals surface area (Å²) in [6.07, 6.45) is 0. The maximum atomic E-state index is 12.0. The molecule has 2 rings (SSSR count). The molecule has 0 heterocycles. The van der Waals surface area contributed by atoms with Crippen molar-refractivity contribution in [1.82, 2.24) is 0 Å². The first kappa shape index (κ1) is 14.4. The molecule has 0 bridgehead atoms. The van der Waals surface area contributed by atoms with Gasteiger partial charge in [0.25, 0.3) is 0 Å². The third-order valence-electron chi connectivity index (χ3n) is 2.85. The van der Waals surface area contributed by atoms with Crippen molar-refractivity contribution in [1.29, 1.82) is 5.26 Å². The average molecular weight is 282 g/mol. The summed E-state index contributed by atoms with van der Waals surface area (Å²) in [4.78, 5) is 12.0. The molecule has 0 atom stereocenters. The summed E-state index contributed by atoms with van der Waals surface area (Å²) in [5.41, 5.74) is 7.82. The Morgan fingerprint density at radius 2 is 1.95 bits per heavy atom. The van der Waals surface area contributed by atoms with Crippen LogP contribution in [0.2, 0.25) is 0 Å². The van der Waals surface area contributed by atoms with Crippen molar-refractivity contribution in [3.8, 4) is 11.8 Å². The van der Waals surface area contributed by atoms with Gasteiger partial charge in [0.15, 0.2) is 0 Å². The lowest BCUT2D eigenvalue weighted by Gasteiger charge is -2.07. The second-order valence-electron chi connectivity index (χ2n) is 4.38. The zero-order valence-corrected chi connectivity index (χ0v) is 11.5. The molecule has 5 nitrogen and oxygen atoms in total. The molecule has 0 aliphatic heterocycles. The first-order valence-electron chi connectivity index (χ1n) is 6.23. The van der Waals surface area contributed by atoms with E-state index in [0.717, 1.165) is 5.56 Å². The molecule has 0 radical (unpaired) electrons. The number of rotatable bonds is 4. The van der Waals surface area contributed by atoms with Gasteiger partial charge in [-0.1, -0.05) is 12.1 Å². The largest absolute Gasteiger partial charge is 0.497 e. The highest BCUT2D eigenvalue weighted by Crippen LogP contribution is 2.19. The Hall–Kier alpha value is -3.00. The molecule has 0 unspecified atom stereocenters. The van der Waals surface area contributed by atoms with Gasteiger partial charge >= 0.3 is 5.97 Å².